The number of methoxy groups -OCH3 is 1. The van der Waals surface area contributed by atoms with E-state index < -0.39 is 11.9 Å². The van der Waals surface area contributed by atoms with Gasteiger partial charge < -0.3 is 9.84 Å². The van der Waals surface area contributed by atoms with Crippen LogP contribution in [0.1, 0.15) is 17.3 Å². The van der Waals surface area contributed by atoms with Gasteiger partial charge in [-0.3, -0.25) is 4.79 Å². The summed E-state index contributed by atoms with van der Waals surface area (Å²) in [4.78, 5) is 19.6. The van der Waals surface area contributed by atoms with Crippen LogP contribution in [0.4, 0.5) is 0 Å². The molecule has 1 aromatic heterocycles. The van der Waals surface area contributed by atoms with Crippen LogP contribution in [-0.4, -0.2) is 28.2 Å². The van der Waals surface area contributed by atoms with Gasteiger partial charge in [-0.05, 0) is 18.1 Å². The highest BCUT2D eigenvalue weighted by molar-refractivity contribution is 9.10. The van der Waals surface area contributed by atoms with Gasteiger partial charge in [-0.1, -0.05) is 34.1 Å². The third kappa shape index (κ3) is 3.33. The number of carbonyl (C=O) groups is 1. The van der Waals surface area contributed by atoms with E-state index in [0.29, 0.717) is 12.3 Å². The molecule has 104 valence electrons. The molecule has 6 heteroatoms. The zero-order chi connectivity index (χ0) is 14.5. The lowest BCUT2D eigenvalue weighted by atomic mass is 9.98. The lowest BCUT2D eigenvalue weighted by Gasteiger charge is -2.12. The lowest BCUT2D eigenvalue weighted by Crippen LogP contribution is -2.17. The van der Waals surface area contributed by atoms with E-state index >= 15 is 0 Å². The van der Waals surface area contributed by atoms with Crippen LogP contribution in [0.15, 0.2) is 41.0 Å². The molecular formula is C14H13BrN2O3. The molecule has 5 nitrogen and oxygen atoms in total. The Morgan fingerprint density at radius 2 is 2.15 bits per heavy atom. The molecule has 1 N–H and O–H groups in total. The van der Waals surface area contributed by atoms with E-state index in [1.807, 2.05) is 24.3 Å². The average molecular weight is 337 g/mol. The summed E-state index contributed by atoms with van der Waals surface area (Å²) in [6.07, 6.45) is 1.81. The van der Waals surface area contributed by atoms with Crippen LogP contribution in [0, 0.1) is 0 Å². The van der Waals surface area contributed by atoms with Crippen molar-refractivity contribution < 1.29 is 14.6 Å². The molecule has 1 heterocycles. The molecule has 0 bridgehead atoms. The average Bonchev–Trinajstić information content (AvgIpc) is 2.46. The normalized spacial score (nSPS) is 11.9. The van der Waals surface area contributed by atoms with Gasteiger partial charge in [0.15, 0.2) is 0 Å². The first-order valence-electron chi connectivity index (χ1n) is 5.95. The van der Waals surface area contributed by atoms with Crippen molar-refractivity contribution in [1.29, 1.82) is 0 Å². The number of benzene rings is 1. The highest BCUT2D eigenvalue weighted by Gasteiger charge is 2.24. The smallest absolute Gasteiger partial charge is 0.314 e. The predicted molar refractivity (Wildman–Crippen MR) is 76.8 cm³/mol. The molecule has 0 aliphatic carbocycles. The van der Waals surface area contributed by atoms with Crippen LogP contribution in [0.2, 0.25) is 0 Å². The summed E-state index contributed by atoms with van der Waals surface area (Å²) in [5.74, 6) is -1.18. The van der Waals surface area contributed by atoms with Crippen molar-refractivity contribution in [3.05, 3.63) is 52.4 Å². The third-order valence-electron chi connectivity index (χ3n) is 2.85. The van der Waals surface area contributed by atoms with Gasteiger partial charge in [-0.25, -0.2) is 4.98 Å². The van der Waals surface area contributed by atoms with Crippen molar-refractivity contribution in [1.82, 2.24) is 9.97 Å². The molecular weight excluding hydrogens is 324 g/mol. The lowest BCUT2D eigenvalue weighted by molar-refractivity contribution is -0.139. The molecule has 0 radical (unpaired) electrons. The zero-order valence-corrected chi connectivity index (χ0v) is 12.4. The maximum atomic E-state index is 11.5. The first kappa shape index (κ1) is 14.5. The highest BCUT2D eigenvalue weighted by Crippen LogP contribution is 2.24. The predicted octanol–water partition coefficient (Wildman–Crippen LogP) is 2.66. The van der Waals surface area contributed by atoms with Crippen LogP contribution in [0.3, 0.4) is 0 Å². The minimum absolute atomic E-state index is 0.243. The molecule has 1 unspecified atom stereocenters. The van der Waals surface area contributed by atoms with Gasteiger partial charge >= 0.3 is 5.97 Å². The molecule has 0 aliphatic rings. The number of aliphatic carboxylic acids is 1. The third-order valence-corrected chi connectivity index (χ3v) is 3.62. The molecule has 0 aliphatic heterocycles. The minimum atomic E-state index is -0.964. The molecule has 2 aromatic rings. The largest absolute Gasteiger partial charge is 0.481 e. The fraction of sp³-hybridized carbons (Fsp3) is 0.214. The second kappa shape index (κ2) is 6.47. The summed E-state index contributed by atoms with van der Waals surface area (Å²) in [6, 6.07) is 9.08. The molecule has 1 atom stereocenters. The Kier molecular flexibility index (Phi) is 4.68. The van der Waals surface area contributed by atoms with Crippen LogP contribution in [0.25, 0.3) is 0 Å². The van der Waals surface area contributed by atoms with Gasteiger partial charge in [-0.2, -0.15) is 4.98 Å². The van der Waals surface area contributed by atoms with E-state index in [0.717, 1.165) is 10.0 Å². The Morgan fingerprint density at radius 3 is 2.80 bits per heavy atom. The van der Waals surface area contributed by atoms with Crippen molar-refractivity contribution in [3.63, 3.8) is 0 Å². The number of hydrogen-bond donors (Lipinski definition) is 1. The van der Waals surface area contributed by atoms with E-state index in [9.17, 15) is 9.90 Å². The van der Waals surface area contributed by atoms with E-state index in [-0.39, 0.29) is 5.82 Å². The summed E-state index contributed by atoms with van der Waals surface area (Å²) in [7, 11) is 1.48. The SMILES string of the molecule is COc1ccnc(C(Cc2ccccc2Br)C(=O)O)n1. The van der Waals surface area contributed by atoms with Crippen molar-refractivity contribution in [2.75, 3.05) is 7.11 Å². The number of ether oxygens (including phenoxy) is 1. The Balaban J connectivity index is 2.32. The van der Waals surface area contributed by atoms with Crippen LogP contribution < -0.4 is 4.74 Å². The first-order valence-corrected chi connectivity index (χ1v) is 6.74. The number of rotatable bonds is 5. The summed E-state index contributed by atoms with van der Waals surface area (Å²) in [6.45, 7) is 0. The Hall–Kier alpha value is -1.95. The van der Waals surface area contributed by atoms with Crippen LogP contribution in [0.5, 0.6) is 5.88 Å². The number of carboxylic acids is 1. The van der Waals surface area contributed by atoms with Gasteiger partial charge in [-0.15, -0.1) is 0 Å². The number of nitrogens with zero attached hydrogens (tertiary/aromatic N) is 2. The monoisotopic (exact) mass is 336 g/mol. The number of carboxylic acid groups (broad SMARTS) is 1. The van der Waals surface area contributed by atoms with Crippen molar-refractivity contribution in [2.45, 2.75) is 12.3 Å². The Labute approximate surface area is 124 Å². The maximum absolute atomic E-state index is 11.5. The molecule has 2 rings (SSSR count). The summed E-state index contributed by atoms with van der Waals surface area (Å²) in [5.41, 5.74) is 0.895. The van der Waals surface area contributed by atoms with Crippen LogP contribution in [-0.2, 0) is 11.2 Å². The standard InChI is InChI=1S/C14H13BrN2O3/c1-20-12-6-7-16-13(17-12)10(14(18)19)8-9-4-2-3-5-11(9)15/h2-7,10H,8H2,1H3,(H,18,19). The van der Waals surface area contributed by atoms with Gasteiger partial charge in [0.25, 0.3) is 0 Å². The van der Waals surface area contributed by atoms with E-state index in [4.69, 9.17) is 4.74 Å². The van der Waals surface area contributed by atoms with Gasteiger partial charge in [0.05, 0.1) is 7.11 Å². The highest BCUT2D eigenvalue weighted by atomic mass is 79.9. The summed E-state index contributed by atoms with van der Waals surface area (Å²) in [5, 5.41) is 9.41. The second-order valence-electron chi connectivity index (χ2n) is 4.14. The van der Waals surface area contributed by atoms with Gasteiger partial charge in [0.1, 0.15) is 11.7 Å². The zero-order valence-electron chi connectivity index (χ0n) is 10.8. The summed E-state index contributed by atoms with van der Waals surface area (Å²) < 4.78 is 5.87. The molecule has 0 saturated heterocycles. The number of hydrogen-bond acceptors (Lipinski definition) is 4. The fourth-order valence-electron chi connectivity index (χ4n) is 1.81. The van der Waals surface area contributed by atoms with Crippen molar-refractivity contribution in [3.8, 4) is 5.88 Å². The number of halogens is 1. The fourth-order valence-corrected chi connectivity index (χ4v) is 2.26. The maximum Gasteiger partial charge on any atom is 0.314 e. The van der Waals surface area contributed by atoms with Crippen LogP contribution >= 0.6 is 15.9 Å². The summed E-state index contributed by atoms with van der Waals surface area (Å²) >= 11 is 3.42. The molecule has 20 heavy (non-hydrogen) atoms. The van der Waals surface area contributed by atoms with E-state index in [2.05, 4.69) is 25.9 Å². The molecule has 0 fully saturated rings. The quantitative estimate of drug-likeness (QED) is 0.908. The molecule has 0 spiro atoms. The first-order chi connectivity index (χ1) is 9.61. The number of aromatic nitrogens is 2. The van der Waals surface area contributed by atoms with E-state index in [1.54, 1.807) is 6.07 Å². The van der Waals surface area contributed by atoms with Crippen molar-refractivity contribution >= 4 is 21.9 Å². The van der Waals surface area contributed by atoms with Gasteiger partial charge in [0, 0.05) is 16.7 Å². The molecule has 1 aromatic carbocycles. The van der Waals surface area contributed by atoms with Gasteiger partial charge in [0.2, 0.25) is 5.88 Å². The Bertz CT molecular complexity index is 619. The van der Waals surface area contributed by atoms with Crippen molar-refractivity contribution in [2.24, 2.45) is 0 Å². The minimum Gasteiger partial charge on any atom is -0.481 e. The molecule has 0 saturated carbocycles. The molecule has 0 amide bonds. The Morgan fingerprint density at radius 1 is 1.40 bits per heavy atom. The van der Waals surface area contributed by atoms with E-state index in [1.165, 1.54) is 13.3 Å². The topological polar surface area (TPSA) is 72.3 Å². The second-order valence-corrected chi connectivity index (χ2v) is 5.00.